The summed E-state index contributed by atoms with van der Waals surface area (Å²) in [5, 5.41) is 31.8. The molecule has 3 saturated carbocycles. The van der Waals surface area contributed by atoms with Gasteiger partial charge in [-0.1, -0.05) is 61.9 Å². The van der Waals surface area contributed by atoms with Gasteiger partial charge in [-0.15, -0.1) is 0 Å². The van der Waals surface area contributed by atoms with Gasteiger partial charge in [0.05, 0.1) is 18.8 Å². The highest BCUT2D eigenvalue weighted by Crippen LogP contribution is 2.70. The van der Waals surface area contributed by atoms with Gasteiger partial charge in [-0.2, -0.15) is 0 Å². The summed E-state index contributed by atoms with van der Waals surface area (Å²) in [6, 6.07) is 13.3. The summed E-state index contributed by atoms with van der Waals surface area (Å²) in [4.78, 5) is 25.9. The molecule has 5 aliphatic rings. The van der Waals surface area contributed by atoms with Gasteiger partial charge in [-0.05, 0) is 78.8 Å². The van der Waals surface area contributed by atoms with Gasteiger partial charge in [0.1, 0.15) is 6.61 Å². The Kier molecular flexibility index (Phi) is 7.03. The average molecular weight is 600 g/mol. The van der Waals surface area contributed by atoms with Crippen molar-refractivity contribution in [2.24, 2.45) is 28.6 Å². The maximum absolute atomic E-state index is 13.8. The van der Waals surface area contributed by atoms with Crippen molar-refractivity contribution in [2.45, 2.75) is 76.7 Å². The van der Waals surface area contributed by atoms with Crippen molar-refractivity contribution in [1.82, 2.24) is 0 Å². The second kappa shape index (κ2) is 10.5. The van der Waals surface area contributed by atoms with Gasteiger partial charge in [0.25, 0.3) is 0 Å². The summed E-state index contributed by atoms with van der Waals surface area (Å²) in [7, 11) is 0. The van der Waals surface area contributed by atoms with E-state index in [2.05, 4.69) is 6.92 Å². The number of anilines is 1. The Morgan fingerprint density at radius 2 is 1.89 bits per heavy atom. The molecule has 4 aliphatic carbocycles. The van der Waals surface area contributed by atoms with Crippen LogP contribution in [0.3, 0.4) is 0 Å². The monoisotopic (exact) mass is 599 g/mol. The van der Waals surface area contributed by atoms with Crippen LogP contribution in [0, 0.1) is 28.6 Å². The van der Waals surface area contributed by atoms with Gasteiger partial charge < -0.3 is 30.5 Å². The number of rotatable bonds is 6. The molecule has 44 heavy (non-hydrogen) atoms. The van der Waals surface area contributed by atoms with Gasteiger partial charge in [-0.25, -0.2) is 0 Å². The number of aliphatic hydroxyl groups is 3. The first-order valence-electron chi connectivity index (χ1n) is 15.7. The highest BCUT2D eigenvalue weighted by molar-refractivity contribution is 6.01. The first-order valence-corrected chi connectivity index (χ1v) is 15.7. The molecule has 0 radical (unpaired) electrons. The van der Waals surface area contributed by atoms with E-state index in [4.69, 9.17) is 15.2 Å². The number of allylic oxidation sites excluding steroid dienone is 4. The first kappa shape index (κ1) is 29.6. The minimum absolute atomic E-state index is 0.00561. The fraction of sp³-hybridized carbons (Fsp3) is 0.500. The van der Waals surface area contributed by atoms with Crippen molar-refractivity contribution in [3.05, 3.63) is 88.5 Å². The number of nitrogen functional groups attached to an aromatic ring is 1. The molecule has 232 valence electrons. The quantitative estimate of drug-likeness (QED) is 0.366. The van der Waals surface area contributed by atoms with Crippen molar-refractivity contribution in [3.63, 3.8) is 0 Å². The topological polar surface area (TPSA) is 139 Å². The van der Waals surface area contributed by atoms with Crippen LogP contribution in [0.4, 0.5) is 5.69 Å². The van der Waals surface area contributed by atoms with E-state index in [1.54, 1.807) is 12.2 Å². The Morgan fingerprint density at radius 3 is 2.61 bits per heavy atom. The smallest absolute Gasteiger partial charge is 0.193 e. The largest absolute Gasteiger partial charge is 0.398 e. The van der Waals surface area contributed by atoms with Crippen molar-refractivity contribution in [1.29, 1.82) is 0 Å². The lowest BCUT2D eigenvalue weighted by atomic mass is 9.46. The number of hydrogen-bond donors (Lipinski definition) is 4. The number of ketones is 2. The SMILES string of the molecule is C[C@]12C=CC(=O)C=C1CC[C@@H]1[C@@H]2[C@@H](O)C[C@@]2(C)[C@H]1C[C@H]1O[C@@H](c3ccc(Cc4c(N)cccc4CO)cc3)O[C@]12C(=O)CO. The van der Waals surface area contributed by atoms with Crippen LogP contribution in [0.15, 0.2) is 66.3 Å². The molecule has 4 fully saturated rings. The molecule has 1 heterocycles. The lowest BCUT2D eigenvalue weighted by Crippen LogP contribution is -2.63. The third-order valence-electron chi connectivity index (χ3n) is 11.9. The van der Waals surface area contributed by atoms with Crippen LogP contribution in [-0.4, -0.2) is 51.3 Å². The standard InChI is InChI=1S/C36H41NO7/c1-34-13-12-24(40)15-23(34)10-11-25-27-16-31-36(30(42)19-39,35(27,2)17-29(41)32(25)34)44-33(43-31)21-8-6-20(7-9-21)14-26-22(18-38)4-3-5-28(26)37/h3-9,12-13,15,25,27,29,31-33,38-39,41H,10-11,14,16-19,37H2,1-2H3/t25-,27-,29-,31+,32+,33+,34-,35-,36+/m0/s1. The van der Waals surface area contributed by atoms with E-state index >= 15 is 0 Å². The second-order valence-electron chi connectivity index (χ2n) is 13.9. The van der Waals surface area contributed by atoms with Crippen LogP contribution in [0.2, 0.25) is 0 Å². The van der Waals surface area contributed by atoms with Crippen LogP contribution in [0.1, 0.15) is 68.1 Å². The van der Waals surface area contributed by atoms with E-state index in [1.807, 2.05) is 55.5 Å². The zero-order chi connectivity index (χ0) is 31.0. The normalized spacial score (nSPS) is 38.8. The fourth-order valence-corrected chi connectivity index (χ4v) is 9.85. The third kappa shape index (κ3) is 4.08. The molecule has 7 rings (SSSR count). The number of nitrogens with two attached hydrogens (primary N) is 1. The van der Waals surface area contributed by atoms with Crippen LogP contribution in [-0.2, 0) is 32.1 Å². The third-order valence-corrected chi connectivity index (χ3v) is 11.9. The number of carbonyl (C=O) groups excluding carboxylic acids is 2. The summed E-state index contributed by atoms with van der Waals surface area (Å²) < 4.78 is 13.3. The molecule has 1 saturated heterocycles. The van der Waals surface area contributed by atoms with Crippen molar-refractivity contribution in [3.8, 4) is 0 Å². The molecule has 0 unspecified atom stereocenters. The van der Waals surface area contributed by atoms with E-state index in [0.29, 0.717) is 24.9 Å². The number of ether oxygens (including phenoxy) is 2. The highest BCUT2D eigenvalue weighted by Gasteiger charge is 2.75. The lowest BCUT2D eigenvalue weighted by Gasteiger charge is -2.59. The highest BCUT2D eigenvalue weighted by atomic mass is 16.7. The summed E-state index contributed by atoms with van der Waals surface area (Å²) in [5.41, 5.74) is 8.82. The summed E-state index contributed by atoms with van der Waals surface area (Å²) in [5.74, 6) is -0.343. The zero-order valence-electron chi connectivity index (χ0n) is 25.2. The van der Waals surface area contributed by atoms with Crippen molar-refractivity contribution >= 4 is 17.3 Å². The molecule has 0 spiro atoms. The minimum Gasteiger partial charge on any atom is -0.398 e. The Labute approximate surface area is 257 Å². The number of aliphatic hydroxyl groups excluding tert-OH is 3. The van der Waals surface area contributed by atoms with E-state index in [9.17, 15) is 24.9 Å². The molecular formula is C36H41NO7. The zero-order valence-corrected chi connectivity index (χ0v) is 25.2. The lowest BCUT2D eigenvalue weighted by molar-refractivity contribution is -0.201. The van der Waals surface area contributed by atoms with E-state index in [1.165, 1.54) is 0 Å². The maximum Gasteiger partial charge on any atom is 0.193 e. The molecular weight excluding hydrogens is 558 g/mol. The molecule has 9 atom stereocenters. The first-order chi connectivity index (χ1) is 21.1. The summed E-state index contributed by atoms with van der Waals surface area (Å²) >= 11 is 0. The Balaban J connectivity index is 1.17. The van der Waals surface area contributed by atoms with E-state index in [-0.39, 0.29) is 30.1 Å². The van der Waals surface area contributed by atoms with Crippen molar-refractivity contribution < 1.29 is 34.4 Å². The number of fused-ring (bicyclic) bond motifs is 7. The fourth-order valence-electron chi connectivity index (χ4n) is 9.85. The van der Waals surface area contributed by atoms with Gasteiger partial charge in [0.2, 0.25) is 0 Å². The molecule has 0 bridgehead atoms. The van der Waals surface area contributed by atoms with Crippen LogP contribution in [0.25, 0.3) is 0 Å². The molecule has 5 N–H and O–H groups in total. The molecule has 8 nitrogen and oxygen atoms in total. The van der Waals surface area contributed by atoms with Crippen molar-refractivity contribution in [2.75, 3.05) is 12.3 Å². The van der Waals surface area contributed by atoms with Crippen LogP contribution >= 0.6 is 0 Å². The van der Waals surface area contributed by atoms with E-state index < -0.39 is 47.3 Å². The Hall–Kier alpha value is -3.14. The Morgan fingerprint density at radius 1 is 1.11 bits per heavy atom. The number of carbonyl (C=O) groups is 2. The number of hydrogen-bond acceptors (Lipinski definition) is 8. The molecule has 2 aromatic carbocycles. The predicted molar refractivity (Wildman–Crippen MR) is 163 cm³/mol. The van der Waals surface area contributed by atoms with Crippen LogP contribution < -0.4 is 5.73 Å². The minimum atomic E-state index is -1.38. The summed E-state index contributed by atoms with van der Waals surface area (Å²) in [6.07, 6.45) is 6.34. The van der Waals surface area contributed by atoms with Gasteiger partial charge in [-0.3, -0.25) is 9.59 Å². The molecule has 0 amide bonds. The maximum atomic E-state index is 13.8. The summed E-state index contributed by atoms with van der Waals surface area (Å²) in [6.45, 7) is 3.40. The number of Topliss-reactive ketones (excluding diaryl/α,β-unsaturated/α-hetero) is 1. The molecule has 1 aliphatic heterocycles. The number of benzene rings is 2. The second-order valence-corrected chi connectivity index (χ2v) is 13.9. The van der Waals surface area contributed by atoms with Gasteiger partial charge in [0, 0.05) is 28.0 Å². The average Bonchev–Trinajstić information content (AvgIpc) is 3.51. The molecule has 8 heteroatoms. The molecule has 2 aromatic rings. The predicted octanol–water partition coefficient (Wildman–Crippen LogP) is 3.95. The molecule has 0 aromatic heterocycles. The Bertz CT molecular complexity index is 1560. The van der Waals surface area contributed by atoms with E-state index in [0.717, 1.165) is 40.7 Å². The van der Waals surface area contributed by atoms with Crippen LogP contribution in [0.5, 0.6) is 0 Å². The van der Waals surface area contributed by atoms with Gasteiger partial charge in [0.15, 0.2) is 23.5 Å². The van der Waals surface area contributed by atoms with Gasteiger partial charge >= 0.3 is 0 Å².